The van der Waals surface area contributed by atoms with Crippen LogP contribution in [-0.4, -0.2) is 40.7 Å². The molecule has 4 nitrogen and oxygen atoms in total. The summed E-state index contributed by atoms with van der Waals surface area (Å²) >= 11 is 3.22. The Morgan fingerprint density at radius 2 is 2.23 bits per heavy atom. The molecule has 0 radical (unpaired) electrons. The Balaban J connectivity index is 1.36. The molecule has 1 aromatic carbocycles. The molecule has 2 aromatic rings. The largest absolute Gasteiger partial charge is 0.341 e. The molecular formula is C16H19N3OS2. The van der Waals surface area contributed by atoms with Crippen LogP contribution in [0, 0.1) is 11.8 Å². The van der Waals surface area contributed by atoms with Gasteiger partial charge >= 0.3 is 0 Å². The van der Waals surface area contributed by atoms with E-state index in [-0.39, 0.29) is 5.91 Å². The maximum absolute atomic E-state index is 12.4. The van der Waals surface area contributed by atoms with Crippen molar-refractivity contribution in [2.24, 2.45) is 17.6 Å². The SMILES string of the molecule is NC1CCC2CN(C(=O)CSc3nc4ccccc4s3)CC12. The van der Waals surface area contributed by atoms with E-state index in [0.29, 0.717) is 23.6 Å². The number of aromatic nitrogens is 1. The van der Waals surface area contributed by atoms with Crippen molar-refractivity contribution in [3.63, 3.8) is 0 Å². The van der Waals surface area contributed by atoms with Crippen molar-refractivity contribution in [2.75, 3.05) is 18.8 Å². The van der Waals surface area contributed by atoms with Gasteiger partial charge in [0.1, 0.15) is 0 Å². The summed E-state index contributed by atoms with van der Waals surface area (Å²) in [5.41, 5.74) is 7.16. The Morgan fingerprint density at radius 1 is 1.36 bits per heavy atom. The van der Waals surface area contributed by atoms with Gasteiger partial charge in [-0.3, -0.25) is 4.79 Å². The van der Waals surface area contributed by atoms with Crippen LogP contribution in [0.4, 0.5) is 0 Å². The highest BCUT2D eigenvalue weighted by Crippen LogP contribution is 2.37. The van der Waals surface area contributed by atoms with Gasteiger partial charge in [0.05, 0.1) is 16.0 Å². The lowest BCUT2D eigenvalue weighted by Gasteiger charge is -2.18. The maximum Gasteiger partial charge on any atom is 0.233 e. The van der Waals surface area contributed by atoms with Crippen molar-refractivity contribution in [3.8, 4) is 0 Å². The molecule has 0 spiro atoms. The van der Waals surface area contributed by atoms with Crippen LogP contribution >= 0.6 is 23.1 Å². The van der Waals surface area contributed by atoms with Crippen LogP contribution in [0.15, 0.2) is 28.6 Å². The number of fused-ring (bicyclic) bond motifs is 2. The fourth-order valence-electron chi connectivity index (χ4n) is 3.64. The van der Waals surface area contributed by atoms with E-state index in [1.807, 2.05) is 23.1 Å². The second-order valence-corrected chi connectivity index (χ2v) is 8.45. The molecule has 116 valence electrons. The standard InChI is InChI=1S/C16H19N3OS2/c17-12-6-5-10-7-19(8-11(10)12)15(20)9-21-16-18-13-3-1-2-4-14(13)22-16/h1-4,10-12H,5-9,17H2. The molecule has 1 aromatic heterocycles. The number of carbonyl (C=O) groups excluding carboxylic acids is 1. The topological polar surface area (TPSA) is 59.2 Å². The minimum absolute atomic E-state index is 0.228. The Labute approximate surface area is 138 Å². The predicted octanol–water partition coefficient (Wildman–Crippen LogP) is 2.58. The Morgan fingerprint density at radius 3 is 3.05 bits per heavy atom. The molecular weight excluding hydrogens is 314 g/mol. The van der Waals surface area contributed by atoms with Gasteiger partial charge in [-0.25, -0.2) is 4.98 Å². The van der Waals surface area contributed by atoms with E-state index in [0.717, 1.165) is 29.4 Å². The third-order valence-corrected chi connectivity index (χ3v) is 7.02. The number of amides is 1. The second-order valence-electron chi connectivity index (χ2n) is 6.20. The van der Waals surface area contributed by atoms with Crippen molar-refractivity contribution in [1.82, 2.24) is 9.88 Å². The highest BCUT2D eigenvalue weighted by molar-refractivity contribution is 8.01. The number of nitrogens with two attached hydrogens (primary N) is 1. The Bertz CT molecular complexity index is 669. The smallest absolute Gasteiger partial charge is 0.233 e. The van der Waals surface area contributed by atoms with Crippen LogP contribution in [0.1, 0.15) is 12.8 Å². The number of hydrogen-bond acceptors (Lipinski definition) is 5. The lowest BCUT2D eigenvalue weighted by atomic mass is 9.98. The summed E-state index contributed by atoms with van der Waals surface area (Å²) in [6.45, 7) is 1.75. The fraction of sp³-hybridized carbons (Fsp3) is 0.500. The number of likely N-dealkylation sites (tertiary alicyclic amines) is 1. The average molecular weight is 333 g/mol. The molecule has 1 aliphatic carbocycles. The minimum Gasteiger partial charge on any atom is -0.341 e. The number of rotatable bonds is 3. The molecule has 2 N–H and O–H groups in total. The van der Waals surface area contributed by atoms with Crippen LogP contribution in [0.2, 0.25) is 0 Å². The van der Waals surface area contributed by atoms with Crippen LogP contribution in [0.5, 0.6) is 0 Å². The molecule has 6 heteroatoms. The van der Waals surface area contributed by atoms with Crippen molar-refractivity contribution in [3.05, 3.63) is 24.3 Å². The number of nitrogens with zero attached hydrogens (tertiary/aromatic N) is 2. The fourth-order valence-corrected chi connectivity index (χ4v) is 5.61. The number of benzene rings is 1. The molecule has 0 bridgehead atoms. The van der Waals surface area contributed by atoms with Crippen molar-refractivity contribution < 1.29 is 4.79 Å². The van der Waals surface area contributed by atoms with E-state index >= 15 is 0 Å². The number of thiazole rings is 1. The van der Waals surface area contributed by atoms with Gasteiger partial charge in [0.2, 0.25) is 5.91 Å². The molecule has 4 rings (SSSR count). The summed E-state index contributed by atoms with van der Waals surface area (Å²) in [7, 11) is 0. The zero-order valence-corrected chi connectivity index (χ0v) is 13.9. The highest BCUT2D eigenvalue weighted by atomic mass is 32.2. The van der Waals surface area contributed by atoms with Gasteiger partial charge in [-0.05, 0) is 36.8 Å². The normalized spacial score (nSPS) is 27.5. The van der Waals surface area contributed by atoms with E-state index in [2.05, 4.69) is 11.1 Å². The molecule has 1 saturated heterocycles. The molecule has 1 amide bonds. The summed E-state index contributed by atoms with van der Waals surface area (Å²) < 4.78 is 2.16. The van der Waals surface area contributed by atoms with E-state index in [1.165, 1.54) is 11.1 Å². The zero-order valence-electron chi connectivity index (χ0n) is 12.3. The van der Waals surface area contributed by atoms with Crippen molar-refractivity contribution >= 4 is 39.2 Å². The summed E-state index contributed by atoms with van der Waals surface area (Å²) in [5, 5.41) is 0. The van der Waals surface area contributed by atoms with Gasteiger partial charge in [0.15, 0.2) is 4.34 Å². The summed E-state index contributed by atoms with van der Waals surface area (Å²) in [6.07, 6.45) is 2.30. The van der Waals surface area contributed by atoms with Crippen molar-refractivity contribution in [2.45, 2.75) is 23.2 Å². The van der Waals surface area contributed by atoms with Gasteiger partial charge in [0, 0.05) is 19.1 Å². The van der Waals surface area contributed by atoms with Gasteiger partial charge < -0.3 is 10.6 Å². The van der Waals surface area contributed by atoms with E-state index in [1.54, 1.807) is 23.1 Å². The van der Waals surface area contributed by atoms with Gasteiger partial charge in [0.25, 0.3) is 0 Å². The molecule has 22 heavy (non-hydrogen) atoms. The first-order valence-electron chi connectivity index (χ1n) is 7.72. The molecule has 3 atom stereocenters. The van der Waals surface area contributed by atoms with Gasteiger partial charge in [-0.2, -0.15) is 0 Å². The van der Waals surface area contributed by atoms with E-state index < -0.39 is 0 Å². The first-order valence-corrected chi connectivity index (χ1v) is 9.52. The zero-order chi connectivity index (χ0) is 15.1. The number of hydrogen-bond donors (Lipinski definition) is 1. The van der Waals surface area contributed by atoms with E-state index in [4.69, 9.17) is 5.73 Å². The monoisotopic (exact) mass is 333 g/mol. The van der Waals surface area contributed by atoms with Gasteiger partial charge in [-0.1, -0.05) is 23.9 Å². The predicted molar refractivity (Wildman–Crippen MR) is 91.1 cm³/mol. The first kappa shape index (κ1) is 14.5. The molecule has 2 heterocycles. The summed E-state index contributed by atoms with van der Waals surface area (Å²) in [5.74, 6) is 1.86. The first-order chi connectivity index (χ1) is 10.7. The van der Waals surface area contributed by atoms with Gasteiger partial charge in [-0.15, -0.1) is 11.3 Å². The summed E-state index contributed by atoms with van der Waals surface area (Å²) in [6, 6.07) is 8.39. The Hall–Kier alpha value is -1.11. The molecule has 3 unspecified atom stereocenters. The highest BCUT2D eigenvalue weighted by Gasteiger charge is 2.42. The van der Waals surface area contributed by atoms with Crippen LogP contribution in [0.25, 0.3) is 10.2 Å². The molecule has 2 aliphatic rings. The summed E-state index contributed by atoms with van der Waals surface area (Å²) in [4.78, 5) is 19.0. The average Bonchev–Trinajstić information content (AvgIpc) is 3.20. The van der Waals surface area contributed by atoms with Crippen LogP contribution in [0.3, 0.4) is 0 Å². The third-order valence-electron chi connectivity index (χ3n) is 4.86. The third kappa shape index (κ3) is 2.64. The number of thioether (sulfide) groups is 1. The lowest BCUT2D eigenvalue weighted by Crippen LogP contribution is -2.34. The maximum atomic E-state index is 12.4. The molecule has 1 saturated carbocycles. The minimum atomic E-state index is 0.228. The van der Waals surface area contributed by atoms with E-state index in [9.17, 15) is 4.79 Å². The number of para-hydroxylation sites is 1. The number of carbonyl (C=O) groups is 1. The van der Waals surface area contributed by atoms with Crippen LogP contribution < -0.4 is 5.73 Å². The molecule has 2 fully saturated rings. The quantitative estimate of drug-likeness (QED) is 0.877. The molecule has 1 aliphatic heterocycles. The van der Waals surface area contributed by atoms with Crippen LogP contribution in [-0.2, 0) is 4.79 Å². The Kier molecular flexibility index (Phi) is 3.84. The van der Waals surface area contributed by atoms with Crippen molar-refractivity contribution in [1.29, 1.82) is 0 Å². The lowest BCUT2D eigenvalue weighted by molar-refractivity contribution is -0.127. The second kappa shape index (κ2) is 5.83.